The summed E-state index contributed by atoms with van der Waals surface area (Å²) in [7, 11) is 1.40. The average molecular weight is 222 g/mol. The number of hydrogen-bond donors (Lipinski definition) is 0. The molecule has 1 aromatic carbocycles. The van der Waals surface area contributed by atoms with Crippen molar-refractivity contribution in [3.05, 3.63) is 29.8 Å². The van der Waals surface area contributed by atoms with E-state index >= 15 is 0 Å². The van der Waals surface area contributed by atoms with Gasteiger partial charge in [-0.3, -0.25) is 4.79 Å². The standard InChI is InChI=1S/C13H18O3/c1-3-11-6-4-7-12(10-11)16-9-5-8-13(14)15-2/h4,6-7,10H,3,5,8-9H2,1-2H3. The Labute approximate surface area is 96.4 Å². The van der Waals surface area contributed by atoms with Gasteiger partial charge in [0.15, 0.2) is 0 Å². The third-order valence-corrected chi connectivity index (χ3v) is 2.33. The van der Waals surface area contributed by atoms with Gasteiger partial charge in [0, 0.05) is 6.42 Å². The van der Waals surface area contributed by atoms with Crippen molar-refractivity contribution >= 4 is 5.97 Å². The van der Waals surface area contributed by atoms with Gasteiger partial charge in [-0.2, -0.15) is 0 Å². The number of hydrogen-bond acceptors (Lipinski definition) is 3. The van der Waals surface area contributed by atoms with Crippen LogP contribution < -0.4 is 4.74 Å². The van der Waals surface area contributed by atoms with Crippen LogP contribution in [0.5, 0.6) is 5.75 Å². The van der Waals surface area contributed by atoms with Gasteiger partial charge in [-0.1, -0.05) is 19.1 Å². The lowest BCUT2D eigenvalue weighted by Crippen LogP contribution is -2.04. The number of methoxy groups -OCH3 is 1. The van der Waals surface area contributed by atoms with Crippen LogP contribution in [0.3, 0.4) is 0 Å². The lowest BCUT2D eigenvalue weighted by atomic mass is 10.2. The van der Waals surface area contributed by atoms with E-state index < -0.39 is 0 Å². The molecule has 0 radical (unpaired) electrons. The smallest absolute Gasteiger partial charge is 0.305 e. The Bertz CT molecular complexity index is 334. The summed E-state index contributed by atoms with van der Waals surface area (Å²) in [5, 5.41) is 0. The summed E-state index contributed by atoms with van der Waals surface area (Å²) >= 11 is 0. The molecule has 0 aliphatic rings. The molecule has 0 heterocycles. The third kappa shape index (κ3) is 4.34. The van der Waals surface area contributed by atoms with Crippen LogP contribution >= 0.6 is 0 Å². The van der Waals surface area contributed by atoms with Gasteiger partial charge >= 0.3 is 5.97 Å². The predicted octanol–water partition coefficient (Wildman–Crippen LogP) is 2.58. The van der Waals surface area contributed by atoms with Crippen LogP contribution in [0, 0.1) is 0 Å². The minimum absolute atomic E-state index is 0.189. The van der Waals surface area contributed by atoms with E-state index in [4.69, 9.17) is 4.74 Å². The van der Waals surface area contributed by atoms with Crippen molar-refractivity contribution in [1.82, 2.24) is 0 Å². The van der Waals surface area contributed by atoms with Crippen LogP contribution in [0.4, 0.5) is 0 Å². The first kappa shape index (κ1) is 12.6. The normalized spacial score (nSPS) is 9.88. The molecule has 0 fully saturated rings. The molecular formula is C13H18O3. The zero-order valence-corrected chi connectivity index (χ0v) is 9.86. The molecule has 0 spiro atoms. The first-order chi connectivity index (χ1) is 7.76. The molecule has 3 nitrogen and oxygen atoms in total. The summed E-state index contributed by atoms with van der Waals surface area (Å²) in [6.45, 7) is 2.65. The number of ether oxygens (including phenoxy) is 2. The van der Waals surface area contributed by atoms with E-state index in [1.54, 1.807) is 0 Å². The number of aryl methyl sites for hydroxylation is 1. The maximum absolute atomic E-state index is 10.8. The summed E-state index contributed by atoms with van der Waals surface area (Å²) in [6.07, 6.45) is 2.09. The van der Waals surface area contributed by atoms with E-state index in [-0.39, 0.29) is 5.97 Å². The van der Waals surface area contributed by atoms with Gasteiger partial charge in [0.2, 0.25) is 0 Å². The Morgan fingerprint density at radius 1 is 1.38 bits per heavy atom. The van der Waals surface area contributed by atoms with Gasteiger partial charge in [0.25, 0.3) is 0 Å². The minimum Gasteiger partial charge on any atom is -0.494 e. The summed E-state index contributed by atoms with van der Waals surface area (Å²) in [5.41, 5.74) is 1.26. The number of benzene rings is 1. The van der Waals surface area contributed by atoms with Crippen molar-refractivity contribution in [1.29, 1.82) is 0 Å². The van der Waals surface area contributed by atoms with E-state index in [2.05, 4.69) is 17.7 Å². The Morgan fingerprint density at radius 2 is 2.19 bits per heavy atom. The fraction of sp³-hybridized carbons (Fsp3) is 0.462. The topological polar surface area (TPSA) is 35.5 Å². The monoisotopic (exact) mass is 222 g/mol. The molecule has 0 saturated carbocycles. The van der Waals surface area contributed by atoms with E-state index in [1.165, 1.54) is 12.7 Å². The SMILES string of the molecule is CCc1cccc(OCCCC(=O)OC)c1. The van der Waals surface area contributed by atoms with Crippen LogP contribution in [0.1, 0.15) is 25.3 Å². The summed E-state index contributed by atoms with van der Waals surface area (Å²) in [4.78, 5) is 10.8. The maximum Gasteiger partial charge on any atom is 0.305 e. The van der Waals surface area contributed by atoms with Crippen molar-refractivity contribution in [3.63, 3.8) is 0 Å². The first-order valence-corrected chi connectivity index (χ1v) is 5.54. The van der Waals surface area contributed by atoms with Crippen LogP contribution in [0.15, 0.2) is 24.3 Å². The molecule has 0 amide bonds. The lowest BCUT2D eigenvalue weighted by molar-refractivity contribution is -0.140. The van der Waals surface area contributed by atoms with Crippen molar-refractivity contribution in [2.24, 2.45) is 0 Å². The number of carbonyl (C=O) groups excluding carboxylic acids is 1. The fourth-order valence-corrected chi connectivity index (χ4v) is 1.36. The van der Waals surface area contributed by atoms with Crippen molar-refractivity contribution in [2.75, 3.05) is 13.7 Å². The highest BCUT2D eigenvalue weighted by molar-refractivity contribution is 5.69. The second kappa shape index (κ2) is 6.88. The predicted molar refractivity (Wildman–Crippen MR) is 62.6 cm³/mol. The second-order valence-electron chi connectivity index (χ2n) is 3.53. The van der Waals surface area contributed by atoms with Gasteiger partial charge in [0.05, 0.1) is 13.7 Å². The minimum atomic E-state index is -0.189. The maximum atomic E-state index is 10.8. The van der Waals surface area contributed by atoms with Gasteiger partial charge in [-0.15, -0.1) is 0 Å². The molecule has 0 unspecified atom stereocenters. The molecule has 3 heteroatoms. The molecule has 88 valence electrons. The number of carbonyl (C=O) groups is 1. The van der Waals surface area contributed by atoms with Crippen molar-refractivity contribution in [3.8, 4) is 5.75 Å². The molecule has 0 bridgehead atoms. The highest BCUT2D eigenvalue weighted by Gasteiger charge is 2.00. The molecule has 0 aromatic heterocycles. The Morgan fingerprint density at radius 3 is 2.88 bits per heavy atom. The summed E-state index contributed by atoms with van der Waals surface area (Å²) < 4.78 is 10.1. The van der Waals surface area contributed by atoms with Gasteiger partial charge in [-0.05, 0) is 30.5 Å². The molecular weight excluding hydrogens is 204 g/mol. The molecule has 1 aromatic rings. The zero-order chi connectivity index (χ0) is 11.8. The molecule has 0 atom stereocenters. The van der Waals surface area contributed by atoms with Crippen LogP contribution in [-0.2, 0) is 16.0 Å². The van der Waals surface area contributed by atoms with Crippen molar-refractivity contribution in [2.45, 2.75) is 26.2 Å². The molecule has 1 rings (SSSR count). The Kier molecular flexibility index (Phi) is 5.40. The van der Waals surface area contributed by atoms with Gasteiger partial charge in [0.1, 0.15) is 5.75 Å². The number of esters is 1. The molecule has 16 heavy (non-hydrogen) atoms. The molecule has 0 aliphatic carbocycles. The highest BCUT2D eigenvalue weighted by Crippen LogP contribution is 2.14. The van der Waals surface area contributed by atoms with Crippen molar-refractivity contribution < 1.29 is 14.3 Å². The summed E-state index contributed by atoms with van der Waals surface area (Å²) in [6, 6.07) is 8.01. The molecule has 0 aliphatic heterocycles. The Balaban J connectivity index is 2.28. The molecule has 0 N–H and O–H groups in total. The van der Waals surface area contributed by atoms with E-state index in [0.717, 1.165) is 12.2 Å². The van der Waals surface area contributed by atoms with E-state index in [0.29, 0.717) is 19.4 Å². The Hall–Kier alpha value is -1.51. The quantitative estimate of drug-likeness (QED) is 0.548. The summed E-state index contributed by atoms with van der Waals surface area (Å²) in [5.74, 6) is 0.676. The van der Waals surface area contributed by atoms with E-state index in [9.17, 15) is 4.79 Å². The van der Waals surface area contributed by atoms with Gasteiger partial charge in [-0.25, -0.2) is 0 Å². The average Bonchev–Trinajstić information content (AvgIpc) is 2.34. The van der Waals surface area contributed by atoms with Gasteiger partial charge < -0.3 is 9.47 Å². The van der Waals surface area contributed by atoms with Crippen LogP contribution in [0.2, 0.25) is 0 Å². The zero-order valence-electron chi connectivity index (χ0n) is 9.86. The third-order valence-electron chi connectivity index (χ3n) is 2.33. The largest absolute Gasteiger partial charge is 0.494 e. The van der Waals surface area contributed by atoms with Crippen LogP contribution in [0.25, 0.3) is 0 Å². The lowest BCUT2D eigenvalue weighted by Gasteiger charge is -2.06. The highest BCUT2D eigenvalue weighted by atomic mass is 16.5. The molecule has 0 saturated heterocycles. The van der Waals surface area contributed by atoms with Crippen LogP contribution in [-0.4, -0.2) is 19.7 Å². The fourth-order valence-electron chi connectivity index (χ4n) is 1.36. The second-order valence-corrected chi connectivity index (χ2v) is 3.53. The van der Waals surface area contributed by atoms with E-state index in [1.807, 2.05) is 18.2 Å². The first-order valence-electron chi connectivity index (χ1n) is 5.54. The number of rotatable bonds is 6.